The lowest BCUT2D eigenvalue weighted by Crippen LogP contribution is -2.43. The van der Waals surface area contributed by atoms with E-state index in [1.54, 1.807) is 42.7 Å². The minimum Gasteiger partial charge on any atom is -0.497 e. The lowest BCUT2D eigenvalue weighted by molar-refractivity contribution is 0.415. The molecule has 6 rings (SSSR count). The third kappa shape index (κ3) is 7.98. The monoisotopic (exact) mass is 902 g/mol. The highest BCUT2D eigenvalue weighted by atomic mass is 79.9. The van der Waals surface area contributed by atoms with Crippen molar-refractivity contribution in [1.29, 1.82) is 0 Å². The molecular formula is C45H46Br2O6P2+2. The van der Waals surface area contributed by atoms with Crippen LogP contribution >= 0.6 is 46.4 Å². The molecular weight excluding hydrogens is 858 g/mol. The van der Waals surface area contributed by atoms with Crippen molar-refractivity contribution in [2.24, 2.45) is 0 Å². The first-order valence-electron chi connectivity index (χ1n) is 17.7. The van der Waals surface area contributed by atoms with Gasteiger partial charge in [-0.3, -0.25) is 0 Å². The molecule has 6 aromatic carbocycles. The number of benzene rings is 6. The molecule has 0 unspecified atom stereocenters. The molecule has 0 spiro atoms. The van der Waals surface area contributed by atoms with Crippen LogP contribution in [0.15, 0.2) is 146 Å². The first kappa shape index (κ1) is 40.6. The quantitative estimate of drug-likeness (QED) is 0.0716. The van der Waals surface area contributed by atoms with Crippen molar-refractivity contribution in [2.75, 3.05) is 48.8 Å². The van der Waals surface area contributed by atoms with Gasteiger partial charge in [0, 0.05) is 6.42 Å². The lowest BCUT2D eigenvalue weighted by Gasteiger charge is -2.39. The third-order valence-corrected chi connectivity index (χ3v) is 23.0. The van der Waals surface area contributed by atoms with Crippen LogP contribution in [0, 0.1) is 0 Å². The van der Waals surface area contributed by atoms with Crippen LogP contribution in [0.3, 0.4) is 0 Å². The van der Waals surface area contributed by atoms with E-state index in [2.05, 4.69) is 177 Å². The molecule has 10 heteroatoms. The average Bonchev–Trinajstić information content (AvgIpc) is 3.25. The van der Waals surface area contributed by atoms with Gasteiger partial charge in [0.05, 0.1) is 48.8 Å². The van der Waals surface area contributed by atoms with Crippen molar-refractivity contribution in [1.82, 2.24) is 0 Å². The Labute approximate surface area is 343 Å². The molecule has 0 N–H and O–H groups in total. The molecule has 0 saturated heterocycles. The molecule has 0 aromatic heterocycles. The second-order valence-electron chi connectivity index (χ2n) is 12.8. The normalized spacial score (nSPS) is 11.8. The van der Waals surface area contributed by atoms with Crippen molar-refractivity contribution in [2.45, 2.75) is 9.40 Å². The molecule has 0 radical (unpaired) electrons. The predicted molar refractivity (Wildman–Crippen MR) is 240 cm³/mol. The Hall–Kier alpha value is -4.06. The number of rotatable bonds is 16. The summed E-state index contributed by atoms with van der Waals surface area (Å²) in [6.45, 7) is 0. The smallest absolute Gasteiger partial charge is 0.203 e. The molecule has 0 amide bonds. The van der Waals surface area contributed by atoms with Crippen LogP contribution in [0.5, 0.6) is 34.5 Å². The molecule has 284 valence electrons. The maximum absolute atomic E-state index is 5.66. The van der Waals surface area contributed by atoms with Gasteiger partial charge in [-0.25, -0.2) is 0 Å². The zero-order valence-electron chi connectivity index (χ0n) is 31.9. The van der Waals surface area contributed by atoms with E-state index in [0.29, 0.717) is 0 Å². The molecule has 0 aliphatic carbocycles. The number of hydrogen-bond donors (Lipinski definition) is 0. The van der Waals surface area contributed by atoms with Crippen LogP contribution in [-0.2, 0) is 0 Å². The largest absolute Gasteiger partial charge is 0.497 e. The number of halogens is 2. The Morgan fingerprint density at radius 2 is 0.545 bits per heavy atom. The van der Waals surface area contributed by atoms with Gasteiger partial charge in [-0.1, -0.05) is 0 Å². The van der Waals surface area contributed by atoms with Gasteiger partial charge < -0.3 is 28.4 Å². The van der Waals surface area contributed by atoms with Crippen molar-refractivity contribution in [3.63, 3.8) is 0 Å². The molecule has 0 aliphatic heterocycles. The Balaban J connectivity index is 1.63. The van der Waals surface area contributed by atoms with Gasteiger partial charge in [0.15, 0.2) is 0 Å². The maximum atomic E-state index is 5.66. The highest BCUT2D eigenvalue weighted by Crippen LogP contribution is 2.74. The summed E-state index contributed by atoms with van der Waals surface area (Å²) in [7, 11) is 5.19. The van der Waals surface area contributed by atoms with E-state index in [0.717, 1.165) is 47.1 Å². The van der Waals surface area contributed by atoms with E-state index >= 15 is 0 Å². The third-order valence-electron chi connectivity index (χ3n) is 10.2. The second kappa shape index (κ2) is 17.8. The summed E-state index contributed by atoms with van der Waals surface area (Å²) in [6.07, 6.45) is 1.53. The maximum Gasteiger partial charge on any atom is 0.203 e. The molecule has 6 nitrogen and oxygen atoms in total. The van der Waals surface area contributed by atoms with Gasteiger partial charge in [0.25, 0.3) is 0 Å². The Kier molecular flexibility index (Phi) is 13.2. The van der Waals surface area contributed by atoms with Gasteiger partial charge in [-0.2, -0.15) is 0 Å². The summed E-state index contributed by atoms with van der Waals surface area (Å²) in [5, 5.41) is 7.25. The molecule has 0 bridgehead atoms. The summed E-state index contributed by atoms with van der Waals surface area (Å²) < 4.78 is 33.3. The Morgan fingerprint density at radius 3 is 0.745 bits per heavy atom. The molecule has 0 heterocycles. The van der Waals surface area contributed by atoms with Crippen LogP contribution < -0.4 is 60.2 Å². The van der Waals surface area contributed by atoms with Crippen LogP contribution in [0.25, 0.3) is 0 Å². The van der Waals surface area contributed by atoms with Gasteiger partial charge in [0.1, 0.15) is 80.8 Å². The molecule has 0 saturated carbocycles. The number of hydrogen-bond acceptors (Lipinski definition) is 6. The molecule has 55 heavy (non-hydrogen) atoms. The number of methoxy groups -OCH3 is 6. The van der Waals surface area contributed by atoms with E-state index in [1.807, 2.05) is 0 Å². The Morgan fingerprint density at radius 1 is 0.345 bits per heavy atom. The fourth-order valence-corrected chi connectivity index (χ4v) is 20.7. The average molecular weight is 905 g/mol. The standard InChI is InChI=1S/C45H46Br2O6P2/c1-48-33-7-19-39(20-8-33)54(40-21-9-34(49-2)10-22-40,41-23-11-35(50-3)12-24-41)32-31-45(46,47)55(42-25-13-36(51-4)14-26-42,43-27-15-37(52-5)16-28-43)44-29-17-38(53-6)18-30-44/h7-30H,31-32H2,1-6H3/q+2. The van der Waals surface area contributed by atoms with E-state index in [9.17, 15) is 0 Å². The Bertz CT molecular complexity index is 1890. The molecule has 6 aromatic rings. The fraction of sp³-hybridized carbons (Fsp3) is 0.200. The van der Waals surface area contributed by atoms with Crippen LogP contribution in [0.4, 0.5) is 0 Å². The highest BCUT2D eigenvalue weighted by molar-refractivity contribution is 9.27. The van der Waals surface area contributed by atoms with Gasteiger partial charge in [-0.15, -0.1) is 0 Å². The number of ether oxygens (including phenoxy) is 6. The van der Waals surface area contributed by atoms with Crippen LogP contribution in [-0.4, -0.2) is 51.8 Å². The molecule has 0 aliphatic rings. The van der Waals surface area contributed by atoms with Gasteiger partial charge in [-0.05, 0) is 177 Å². The molecule has 0 atom stereocenters. The topological polar surface area (TPSA) is 55.4 Å². The first-order chi connectivity index (χ1) is 26.7. The van der Waals surface area contributed by atoms with Crippen molar-refractivity contribution < 1.29 is 28.4 Å². The SMILES string of the molecule is COc1ccc([P+](CCC(Br)(Br)[P+](c2ccc(OC)cc2)(c2ccc(OC)cc2)c2ccc(OC)cc2)(c2ccc(OC)cc2)c2ccc(OC)cc2)cc1. The lowest BCUT2D eigenvalue weighted by atomic mass is 10.3. The summed E-state index contributed by atoms with van der Waals surface area (Å²) in [5.41, 5.74) is 0. The zero-order valence-corrected chi connectivity index (χ0v) is 36.8. The minimum absolute atomic E-state index is 0.651. The van der Waals surface area contributed by atoms with Gasteiger partial charge in [0.2, 0.25) is 2.97 Å². The summed E-state index contributed by atoms with van der Waals surface area (Å²) in [5.74, 6) is 4.82. The van der Waals surface area contributed by atoms with E-state index < -0.39 is 17.5 Å². The van der Waals surface area contributed by atoms with Crippen molar-refractivity contribution in [3.8, 4) is 34.5 Å². The van der Waals surface area contributed by atoms with Crippen LogP contribution in [0.2, 0.25) is 0 Å². The minimum atomic E-state index is -2.62. The summed E-state index contributed by atoms with van der Waals surface area (Å²) in [6, 6.07) is 51.3. The van der Waals surface area contributed by atoms with E-state index in [1.165, 1.54) is 31.8 Å². The van der Waals surface area contributed by atoms with Gasteiger partial charge >= 0.3 is 0 Å². The number of alkyl halides is 2. The summed E-state index contributed by atoms with van der Waals surface area (Å²) in [4.78, 5) is 0. The first-order valence-corrected chi connectivity index (χ1v) is 23.1. The fourth-order valence-electron chi connectivity index (χ4n) is 7.25. The predicted octanol–water partition coefficient (Wildman–Crippen LogP) is 8.86. The van der Waals surface area contributed by atoms with Crippen LogP contribution in [0.1, 0.15) is 6.42 Å². The second-order valence-corrected chi connectivity index (χ2v) is 25.1. The highest BCUT2D eigenvalue weighted by Gasteiger charge is 2.62. The van der Waals surface area contributed by atoms with E-state index in [-0.39, 0.29) is 0 Å². The summed E-state index contributed by atoms with van der Waals surface area (Å²) >= 11 is 8.98. The van der Waals surface area contributed by atoms with Crippen molar-refractivity contribution in [3.05, 3.63) is 146 Å². The zero-order chi connectivity index (χ0) is 39.1. The van der Waals surface area contributed by atoms with Crippen molar-refractivity contribution >= 4 is 78.2 Å². The molecule has 0 fully saturated rings. The van der Waals surface area contributed by atoms with E-state index in [4.69, 9.17) is 28.4 Å².